The average molecular weight is 426 g/mol. The predicted octanol–water partition coefficient (Wildman–Crippen LogP) is 4.17. The van der Waals surface area contributed by atoms with Crippen LogP contribution in [0.2, 0.25) is 0 Å². The Balaban J connectivity index is 1.90. The summed E-state index contributed by atoms with van der Waals surface area (Å²) in [6, 6.07) is 10.9. The van der Waals surface area contributed by atoms with E-state index in [4.69, 9.17) is 4.74 Å². The summed E-state index contributed by atoms with van der Waals surface area (Å²) < 4.78 is 5.38. The zero-order valence-electron chi connectivity index (χ0n) is 18.3. The number of amides is 1. The molecular formula is C24H22N6O2. The number of aryl methyl sites for hydroxylation is 1. The summed E-state index contributed by atoms with van der Waals surface area (Å²) >= 11 is 0. The number of nitrogens with zero attached hydrogens (tertiary/aromatic N) is 5. The van der Waals surface area contributed by atoms with E-state index in [1.807, 2.05) is 13.8 Å². The second-order valence-corrected chi connectivity index (χ2v) is 7.60. The van der Waals surface area contributed by atoms with Crippen molar-refractivity contribution in [3.63, 3.8) is 0 Å². The standard InChI is InChI=1S/C24H22N6O2/c1-5-32-23-17(11-25)8-18(12-29-23)20-10-19(13-28-15(20)2)30-22(31)16-6-7-27-21(9-16)24(3,4)14-26/h6-10,12-13H,5H2,1-4H3,(H,30,31). The van der Waals surface area contributed by atoms with Gasteiger partial charge in [-0.3, -0.25) is 14.8 Å². The number of nitrogens with one attached hydrogen (secondary N) is 1. The number of ether oxygens (including phenoxy) is 1. The lowest BCUT2D eigenvalue weighted by molar-refractivity contribution is 0.102. The molecule has 0 aliphatic carbocycles. The maximum absolute atomic E-state index is 12.8. The first-order valence-electron chi connectivity index (χ1n) is 9.98. The molecule has 8 heteroatoms. The monoisotopic (exact) mass is 426 g/mol. The molecule has 0 radical (unpaired) electrons. The number of pyridine rings is 3. The molecule has 0 unspecified atom stereocenters. The molecule has 3 heterocycles. The summed E-state index contributed by atoms with van der Waals surface area (Å²) in [6.45, 7) is 7.55. The molecule has 0 aromatic carbocycles. The lowest BCUT2D eigenvalue weighted by atomic mass is 9.90. The molecule has 1 N–H and O–H groups in total. The van der Waals surface area contributed by atoms with Crippen LogP contribution in [0.5, 0.6) is 5.88 Å². The third kappa shape index (κ3) is 4.71. The fourth-order valence-corrected chi connectivity index (χ4v) is 3.00. The van der Waals surface area contributed by atoms with Gasteiger partial charge in [-0.25, -0.2) is 4.98 Å². The minimum absolute atomic E-state index is 0.280. The molecule has 160 valence electrons. The van der Waals surface area contributed by atoms with Gasteiger partial charge in [0.1, 0.15) is 11.6 Å². The minimum Gasteiger partial charge on any atom is -0.477 e. The number of rotatable bonds is 6. The van der Waals surface area contributed by atoms with Crippen molar-refractivity contribution in [3.8, 4) is 29.1 Å². The largest absolute Gasteiger partial charge is 0.477 e. The molecule has 3 aromatic heterocycles. The van der Waals surface area contributed by atoms with E-state index in [1.165, 1.54) is 6.20 Å². The van der Waals surface area contributed by atoms with Crippen LogP contribution in [0.3, 0.4) is 0 Å². The molecule has 0 aliphatic heterocycles. The third-order valence-corrected chi connectivity index (χ3v) is 4.85. The van der Waals surface area contributed by atoms with Gasteiger partial charge in [-0.15, -0.1) is 0 Å². The molecule has 3 aromatic rings. The lowest BCUT2D eigenvalue weighted by Crippen LogP contribution is -2.18. The Morgan fingerprint density at radius 1 is 1.16 bits per heavy atom. The summed E-state index contributed by atoms with van der Waals surface area (Å²) in [5, 5.41) is 21.6. The van der Waals surface area contributed by atoms with Crippen molar-refractivity contribution in [1.82, 2.24) is 15.0 Å². The molecule has 0 aliphatic rings. The van der Waals surface area contributed by atoms with E-state index in [1.54, 1.807) is 50.5 Å². The van der Waals surface area contributed by atoms with Gasteiger partial charge < -0.3 is 10.1 Å². The number of hydrogen-bond acceptors (Lipinski definition) is 7. The van der Waals surface area contributed by atoms with Crippen LogP contribution in [0.25, 0.3) is 11.1 Å². The Morgan fingerprint density at radius 2 is 1.94 bits per heavy atom. The second-order valence-electron chi connectivity index (χ2n) is 7.60. The fraction of sp³-hybridized carbons (Fsp3) is 0.250. The first kappa shape index (κ1) is 22.4. The van der Waals surface area contributed by atoms with Crippen LogP contribution < -0.4 is 10.1 Å². The SMILES string of the molecule is CCOc1ncc(-c2cc(NC(=O)c3ccnc(C(C)(C)C#N)c3)cnc2C)cc1C#N. The Hall–Kier alpha value is -4.30. The lowest BCUT2D eigenvalue weighted by Gasteiger charge is -2.15. The normalized spacial score (nSPS) is 10.7. The highest BCUT2D eigenvalue weighted by Crippen LogP contribution is 2.28. The van der Waals surface area contributed by atoms with Gasteiger partial charge in [0.25, 0.3) is 5.91 Å². The molecule has 0 saturated carbocycles. The highest BCUT2D eigenvalue weighted by molar-refractivity contribution is 6.04. The minimum atomic E-state index is -0.812. The molecule has 0 saturated heterocycles. The van der Waals surface area contributed by atoms with Crippen molar-refractivity contribution in [2.24, 2.45) is 0 Å². The van der Waals surface area contributed by atoms with Crippen molar-refractivity contribution in [1.29, 1.82) is 10.5 Å². The third-order valence-electron chi connectivity index (χ3n) is 4.85. The predicted molar refractivity (Wildman–Crippen MR) is 119 cm³/mol. The Labute approximate surface area is 186 Å². The highest BCUT2D eigenvalue weighted by Gasteiger charge is 2.22. The van der Waals surface area contributed by atoms with Crippen molar-refractivity contribution >= 4 is 11.6 Å². The summed E-state index contributed by atoms with van der Waals surface area (Å²) in [6.07, 6.45) is 4.68. The summed E-state index contributed by atoms with van der Waals surface area (Å²) in [5.74, 6) is -0.0656. The highest BCUT2D eigenvalue weighted by atomic mass is 16.5. The maximum Gasteiger partial charge on any atom is 0.255 e. The van der Waals surface area contributed by atoms with Gasteiger partial charge in [-0.2, -0.15) is 10.5 Å². The second kappa shape index (κ2) is 9.23. The van der Waals surface area contributed by atoms with Gasteiger partial charge in [0, 0.05) is 34.8 Å². The molecule has 0 atom stereocenters. The molecule has 32 heavy (non-hydrogen) atoms. The van der Waals surface area contributed by atoms with Crippen LogP contribution in [0, 0.1) is 29.6 Å². The maximum atomic E-state index is 12.8. The smallest absolute Gasteiger partial charge is 0.255 e. The molecule has 0 spiro atoms. The van der Waals surface area contributed by atoms with E-state index in [0.717, 1.165) is 11.3 Å². The van der Waals surface area contributed by atoms with Gasteiger partial charge in [0.15, 0.2) is 0 Å². The van der Waals surface area contributed by atoms with Crippen molar-refractivity contribution < 1.29 is 9.53 Å². The average Bonchev–Trinajstić information content (AvgIpc) is 2.81. The van der Waals surface area contributed by atoms with Crippen molar-refractivity contribution in [2.75, 3.05) is 11.9 Å². The van der Waals surface area contributed by atoms with Crippen LogP contribution >= 0.6 is 0 Å². The van der Waals surface area contributed by atoms with Gasteiger partial charge in [0.05, 0.1) is 35.7 Å². The van der Waals surface area contributed by atoms with Gasteiger partial charge in [-0.05, 0) is 52.0 Å². The van der Waals surface area contributed by atoms with Gasteiger partial charge in [-0.1, -0.05) is 0 Å². The zero-order valence-corrected chi connectivity index (χ0v) is 18.3. The number of nitriles is 2. The van der Waals surface area contributed by atoms with E-state index < -0.39 is 5.41 Å². The fourth-order valence-electron chi connectivity index (χ4n) is 3.00. The van der Waals surface area contributed by atoms with Crippen molar-refractivity contribution in [3.05, 3.63) is 65.4 Å². The quantitative estimate of drug-likeness (QED) is 0.627. The molecule has 3 rings (SSSR count). The first-order chi connectivity index (χ1) is 15.3. The molecule has 1 amide bonds. The van der Waals surface area contributed by atoms with Crippen LogP contribution in [0.15, 0.2) is 42.9 Å². The van der Waals surface area contributed by atoms with E-state index in [0.29, 0.717) is 34.7 Å². The molecule has 8 nitrogen and oxygen atoms in total. The number of carbonyl (C=O) groups excluding carboxylic acids is 1. The Bertz CT molecular complexity index is 1250. The molecule has 0 bridgehead atoms. The summed E-state index contributed by atoms with van der Waals surface area (Å²) in [7, 11) is 0. The number of aromatic nitrogens is 3. The molecular weight excluding hydrogens is 404 g/mol. The summed E-state index contributed by atoms with van der Waals surface area (Å²) in [5.41, 5.74) is 3.04. The van der Waals surface area contributed by atoms with Gasteiger partial charge in [0.2, 0.25) is 5.88 Å². The van der Waals surface area contributed by atoms with Crippen LogP contribution in [0.1, 0.15) is 48.1 Å². The van der Waals surface area contributed by atoms with E-state index in [9.17, 15) is 15.3 Å². The number of hydrogen-bond donors (Lipinski definition) is 1. The van der Waals surface area contributed by atoms with E-state index in [2.05, 4.69) is 32.4 Å². The van der Waals surface area contributed by atoms with Crippen LogP contribution in [-0.4, -0.2) is 27.5 Å². The topological polar surface area (TPSA) is 125 Å². The van der Waals surface area contributed by atoms with Crippen LogP contribution in [0.4, 0.5) is 5.69 Å². The van der Waals surface area contributed by atoms with Crippen molar-refractivity contribution in [2.45, 2.75) is 33.1 Å². The Kier molecular flexibility index (Phi) is 6.46. The number of anilines is 1. The Morgan fingerprint density at radius 3 is 2.62 bits per heavy atom. The first-order valence-corrected chi connectivity index (χ1v) is 9.98. The number of carbonyl (C=O) groups is 1. The zero-order chi connectivity index (χ0) is 23.3. The molecule has 0 fully saturated rings. The van der Waals surface area contributed by atoms with E-state index in [-0.39, 0.29) is 11.8 Å². The van der Waals surface area contributed by atoms with Crippen LogP contribution in [-0.2, 0) is 5.41 Å². The summed E-state index contributed by atoms with van der Waals surface area (Å²) in [4.78, 5) is 25.6. The van der Waals surface area contributed by atoms with E-state index >= 15 is 0 Å². The van der Waals surface area contributed by atoms with Gasteiger partial charge >= 0.3 is 0 Å².